The van der Waals surface area contributed by atoms with Gasteiger partial charge in [0.05, 0.1) is 13.2 Å². The zero-order valence-electron chi connectivity index (χ0n) is 13.4. The number of carbonyl (C=O) groups excluding carboxylic acids is 2. The topological polar surface area (TPSA) is 58.6 Å². The molecule has 1 heterocycles. The van der Waals surface area contributed by atoms with Crippen molar-refractivity contribution >= 4 is 11.8 Å². The molecule has 2 amide bonds. The third-order valence-corrected chi connectivity index (χ3v) is 3.84. The molecule has 1 aliphatic rings. The highest BCUT2D eigenvalue weighted by atomic mass is 16.5. The first-order valence-electron chi connectivity index (χ1n) is 7.71. The summed E-state index contributed by atoms with van der Waals surface area (Å²) in [6, 6.07) is 9.42. The van der Waals surface area contributed by atoms with E-state index in [4.69, 9.17) is 4.74 Å². The minimum atomic E-state index is -0.480. The first-order valence-corrected chi connectivity index (χ1v) is 7.71. The van der Waals surface area contributed by atoms with Crippen LogP contribution in [0.1, 0.15) is 32.4 Å². The molecule has 5 heteroatoms. The van der Waals surface area contributed by atoms with Crippen LogP contribution < -0.4 is 5.32 Å². The first kappa shape index (κ1) is 16.5. The van der Waals surface area contributed by atoms with Crippen LogP contribution in [-0.2, 0) is 14.3 Å². The molecule has 1 aliphatic heterocycles. The van der Waals surface area contributed by atoms with Crippen LogP contribution in [0.5, 0.6) is 0 Å². The molecule has 0 unspecified atom stereocenters. The fraction of sp³-hybridized carbons (Fsp3) is 0.529. The van der Waals surface area contributed by atoms with Crippen molar-refractivity contribution in [3.63, 3.8) is 0 Å². The van der Waals surface area contributed by atoms with Crippen LogP contribution in [0.4, 0.5) is 0 Å². The Hall–Kier alpha value is -1.88. The van der Waals surface area contributed by atoms with Crippen molar-refractivity contribution in [2.45, 2.75) is 32.9 Å². The lowest BCUT2D eigenvalue weighted by molar-refractivity contribution is -0.144. The van der Waals surface area contributed by atoms with Crippen LogP contribution in [0.15, 0.2) is 30.3 Å². The van der Waals surface area contributed by atoms with E-state index < -0.39 is 6.04 Å². The van der Waals surface area contributed by atoms with Crippen LogP contribution >= 0.6 is 0 Å². The lowest BCUT2D eigenvalue weighted by atomic mass is 10.0. The van der Waals surface area contributed by atoms with E-state index in [1.807, 2.05) is 44.2 Å². The van der Waals surface area contributed by atoms with Gasteiger partial charge < -0.3 is 15.0 Å². The number of ether oxygens (including phenoxy) is 1. The second-order valence-corrected chi connectivity index (χ2v) is 5.98. The Labute approximate surface area is 131 Å². The maximum absolute atomic E-state index is 12.7. The molecule has 0 radical (unpaired) electrons. The van der Waals surface area contributed by atoms with Gasteiger partial charge in [-0.15, -0.1) is 0 Å². The lowest BCUT2D eigenvalue weighted by Gasteiger charge is -2.36. The average molecular weight is 304 g/mol. The second kappa shape index (κ2) is 7.40. The maximum Gasteiger partial charge on any atom is 0.245 e. The monoisotopic (exact) mass is 304 g/mol. The van der Waals surface area contributed by atoms with Gasteiger partial charge in [-0.2, -0.15) is 0 Å². The number of nitrogens with one attached hydrogen (secondary N) is 1. The van der Waals surface area contributed by atoms with Crippen molar-refractivity contribution in [3.8, 4) is 0 Å². The fourth-order valence-corrected chi connectivity index (χ4v) is 2.65. The van der Waals surface area contributed by atoms with Crippen molar-refractivity contribution in [1.29, 1.82) is 0 Å². The normalized spacial score (nSPS) is 19.8. The van der Waals surface area contributed by atoms with E-state index in [0.717, 1.165) is 5.56 Å². The largest absolute Gasteiger partial charge is 0.370 e. The van der Waals surface area contributed by atoms with Crippen molar-refractivity contribution in [2.75, 3.05) is 19.7 Å². The van der Waals surface area contributed by atoms with E-state index in [2.05, 4.69) is 5.32 Å². The molecule has 0 aromatic heterocycles. The Kier molecular flexibility index (Phi) is 5.55. The Balaban J connectivity index is 2.07. The average Bonchev–Trinajstić information content (AvgIpc) is 2.52. The molecule has 1 saturated heterocycles. The minimum Gasteiger partial charge on any atom is -0.370 e. The third kappa shape index (κ3) is 4.07. The second-order valence-electron chi connectivity index (χ2n) is 5.98. The molecule has 0 spiro atoms. The number of morpholine rings is 1. The van der Waals surface area contributed by atoms with Gasteiger partial charge in [-0.1, -0.05) is 44.2 Å². The Bertz CT molecular complexity index is 516. The number of rotatable bonds is 4. The zero-order valence-corrected chi connectivity index (χ0v) is 13.4. The molecule has 1 aromatic carbocycles. The Morgan fingerprint density at radius 3 is 2.55 bits per heavy atom. The highest BCUT2D eigenvalue weighted by Crippen LogP contribution is 2.23. The van der Waals surface area contributed by atoms with Gasteiger partial charge in [0, 0.05) is 13.5 Å². The predicted molar refractivity (Wildman–Crippen MR) is 84.2 cm³/mol. The molecule has 1 N–H and O–H groups in total. The minimum absolute atomic E-state index is 0.0329. The highest BCUT2D eigenvalue weighted by Gasteiger charge is 2.31. The predicted octanol–water partition coefficient (Wildman–Crippen LogP) is 1.75. The number of carbonyl (C=O) groups is 2. The van der Waals surface area contributed by atoms with Gasteiger partial charge in [-0.3, -0.25) is 9.59 Å². The molecule has 1 fully saturated rings. The molecular weight excluding hydrogens is 280 g/mol. The van der Waals surface area contributed by atoms with Crippen LogP contribution in [0.25, 0.3) is 0 Å². The van der Waals surface area contributed by atoms with Gasteiger partial charge in [0.15, 0.2) is 0 Å². The smallest absolute Gasteiger partial charge is 0.245 e. The molecule has 0 saturated carbocycles. The van der Waals surface area contributed by atoms with Crippen LogP contribution in [-0.4, -0.2) is 42.5 Å². The molecule has 22 heavy (non-hydrogen) atoms. The summed E-state index contributed by atoms with van der Waals surface area (Å²) < 4.78 is 5.78. The van der Waals surface area contributed by atoms with Gasteiger partial charge in [0.1, 0.15) is 12.1 Å². The SMILES string of the molecule is CC(=O)N[C@@H](C(=O)N1CCO[C@@H](c2ccccc2)C1)C(C)C. The number of hydrogen-bond acceptors (Lipinski definition) is 3. The number of hydrogen-bond donors (Lipinski definition) is 1. The maximum atomic E-state index is 12.7. The molecule has 0 bridgehead atoms. The van der Waals surface area contributed by atoms with Crippen molar-refractivity contribution < 1.29 is 14.3 Å². The third-order valence-electron chi connectivity index (χ3n) is 3.84. The van der Waals surface area contributed by atoms with E-state index in [9.17, 15) is 9.59 Å². The fourth-order valence-electron chi connectivity index (χ4n) is 2.65. The standard InChI is InChI=1S/C17H24N2O3/c1-12(2)16(18-13(3)20)17(21)19-9-10-22-15(11-19)14-7-5-4-6-8-14/h4-8,12,15-16H,9-11H2,1-3H3,(H,18,20)/t15-,16-/m1/s1. The zero-order chi connectivity index (χ0) is 16.1. The summed E-state index contributed by atoms with van der Waals surface area (Å²) in [6.07, 6.45) is -0.107. The Morgan fingerprint density at radius 1 is 1.27 bits per heavy atom. The van der Waals surface area contributed by atoms with Crippen molar-refractivity contribution in [3.05, 3.63) is 35.9 Å². The number of amides is 2. The molecule has 120 valence electrons. The van der Waals surface area contributed by atoms with E-state index in [1.165, 1.54) is 6.92 Å². The van der Waals surface area contributed by atoms with Gasteiger partial charge in [-0.05, 0) is 11.5 Å². The van der Waals surface area contributed by atoms with Crippen LogP contribution in [0, 0.1) is 5.92 Å². The lowest BCUT2D eigenvalue weighted by Crippen LogP contribution is -2.53. The molecular formula is C17H24N2O3. The molecule has 2 atom stereocenters. The van der Waals surface area contributed by atoms with Gasteiger partial charge in [0.2, 0.25) is 11.8 Å². The van der Waals surface area contributed by atoms with E-state index in [1.54, 1.807) is 4.90 Å². The van der Waals surface area contributed by atoms with Gasteiger partial charge in [-0.25, -0.2) is 0 Å². The van der Waals surface area contributed by atoms with Gasteiger partial charge in [0.25, 0.3) is 0 Å². The summed E-state index contributed by atoms with van der Waals surface area (Å²) in [6.45, 7) is 6.91. The number of benzene rings is 1. The summed E-state index contributed by atoms with van der Waals surface area (Å²) >= 11 is 0. The summed E-state index contributed by atoms with van der Waals surface area (Å²) in [5.41, 5.74) is 1.07. The van der Waals surface area contributed by atoms with Crippen molar-refractivity contribution in [1.82, 2.24) is 10.2 Å². The van der Waals surface area contributed by atoms with Gasteiger partial charge >= 0.3 is 0 Å². The molecule has 2 rings (SSSR count). The molecule has 0 aliphatic carbocycles. The van der Waals surface area contributed by atoms with Crippen molar-refractivity contribution in [2.24, 2.45) is 5.92 Å². The number of nitrogens with zero attached hydrogens (tertiary/aromatic N) is 1. The molecule has 5 nitrogen and oxygen atoms in total. The summed E-state index contributed by atoms with van der Waals surface area (Å²) in [5.74, 6) is -0.163. The molecule has 1 aromatic rings. The first-order chi connectivity index (χ1) is 10.5. The van der Waals surface area contributed by atoms with E-state index in [-0.39, 0.29) is 23.8 Å². The van der Waals surface area contributed by atoms with E-state index in [0.29, 0.717) is 19.7 Å². The van der Waals surface area contributed by atoms with Crippen LogP contribution in [0.3, 0.4) is 0 Å². The summed E-state index contributed by atoms with van der Waals surface area (Å²) in [4.78, 5) is 25.8. The summed E-state index contributed by atoms with van der Waals surface area (Å²) in [7, 11) is 0. The van der Waals surface area contributed by atoms with E-state index >= 15 is 0 Å². The summed E-state index contributed by atoms with van der Waals surface area (Å²) in [5, 5.41) is 2.76. The quantitative estimate of drug-likeness (QED) is 0.922. The Morgan fingerprint density at radius 2 is 1.95 bits per heavy atom. The highest BCUT2D eigenvalue weighted by molar-refractivity contribution is 5.87. The van der Waals surface area contributed by atoms with Crippen LogP contribution in [0.2, 0.25) is 0 Å².